The molecule has 0 spiro atoms. The largest absolute Gasteiger partial charge is 0.330 e. The highest BCUT2D eigenvalue weighted by atomic mass is 15.1. The Morgan fingerprint density at radius 2 is 2.17 bits per heavy atom. The lowest BCUT2D eigenvalue weighted by Crippen LogP contribution is -2.09. The zero-order valence-corrected chi connectivity index (χ0v) is 10.3. The van der Waals surface area contributed by atoms with Gasteiger partial charge in [-0.1, -0.05) is 12.1 Å². The maximum absolute atomic E-state index is 8.91. The van der Waals surface area contributed by atoms with E-state index in [0.29, 0.717) is 0 Å². The zero-order chi connectivity index (χ0) is 12.4. The zero-order valence-electron chi connectivity index (χ0n) is 10.3. The standard InChI is InChI=1S/C15H15N3/c16-9-12-4-3-5-13(8-12)10-18-11-17-14-6-1-2-7-15(14)18/h3-5,8,11H,1-2,6-7,10H2. The summed E-state index contributed by atoms with van der Waals surface area (Å²) in [5.41, 5.74) is 4.53. The van der Waals surface area contributed by atoms with Gasteiger partial charge in [0.1, 0.15) is 0 Å². The van der Waals surface area contributed by atoms with Crippen LogP contribution in [0, 0.1) is 11.3 Å². The van der Waals surface area contributed by atoms with Crippen molar-refractivity contribution in [2.75, 3.05) is 0 Å². The van der Waals surface area contributed by atoms with Crippen LogP contribution < -0.4 is 0 Å². The summed E-state index contributed by atoms with van der Waals surface area (Å²) in [6.45, 7) is 0.817. The molecule has 0 saturated carbocycles. The van der Waals surface area contributed by atoms with E-state index in [1.165, 1.54) is 29.8 Å². The second-order valence-electron chi connectivity index (χ2n) is 4.79. The molecule has 3 rings (SSSR count). The minimum Gasteiger partial charge on any atom is -0.330 e. The van der Waals surface area contributed by atoms with Gasteiger partial charge in [0.2, 0.25) is 0 Å². The molecule has 0 amide bonds. The number of nitrogens with zero attached hydrogens (tertiary/aromatic N) is 3. The molecule has 0 aliphatic heterocycles. The molecular formula is C15H15N3. The Labute approximate surface area is 107 Å². The second-order valence-corrected chi connectivity index (χ2v) is 4.79. The molecule has 1 aliphatic carbocycles. The number of aromatic nitrogens is 2. The van der Waals surface area contributed by atoms with Gasteiger partial charge in [-0.2, -0.15) is 5.26 Å². The minimum absolute atomic E-state index is 0.724. The Morgan fingerprint density at radius 3 is 3.06 bits per heavy atom. The van der Waals surface area contributed by atoms with Crippen LogP contribution in [0.15, 0.2) is 30.6 Å². The topological polar surface area (TPSA) is 41.6 Å². The first-order valence-corrected chi connectivity index (χ1v) is 6.39. The molecule has 0 fully saturated rings. The quantitative estimate of drug-likeness (QED) is 0.805. The first kappa shape index (κ1) is 11.0. The van der Waals surface area contributed by atoms with E-state index in [4.69, 9.17) is 5.26 Å². The summed E-state index contributed by atoms with van der Waals surface area (Å²) in [4.78, 5) is 4.49. The number of nitriles is 1. The highest BCUT2D eigenvalue weighted by Gasteiger charge is 2.15. The molecule has 1 aliphatic rings. The molecule has 3 heteroatoms. The van der Waals surface area contributed by atoms with Gasteiger partial charge in [-0.25, -0.2) is 4.98 Å². The van der Waals surface area contributed by atoms with Gasteiger partial charge in [0.25, 0.3) is 0 Å². The first-order chi connectivity index (χ1) is 8.86. The van der Waals surface area contributed by atoms with Crippen molar-refractivity contribution in [2.24, 2.45) is 0 Å². The van der Waals surface area contributed by atoms with Crippen LogP contribution >= 0.6 is 0 Å². The van der Waals surface area contributed by atoms with Gasteiger partial charge in [0.05, 0.1) is 23.7 Å². The summed E-state index contributed by atoms with van der Waals surface area (Å²) in [5, 5.41) is 8.91. The van der Waals surface area contributed by atoms with Crippen molar-refractivity contribution in [1.82, 2.24) is 9.55 Å². The summed E-state index contributed by atoms with van der Waals surface area (Å²) < 4.78 is 2.23. The fourth-order valence-corrected chi connectivity index (χ4v) is 2.60. The van der Waals surface area contributed by atoms with Crippen LogP contribution in [0.25, 0.3) is 0 Å². The highest BCUT2D eigenvalue weighted by Crippen LogP contribution is 2.20. The lowest BCUT2D eigenvalue weighted by molar-refractivity contribution is 0.628. The van der Waals surface area contributed by atoms with Crippen LogP contribution in [0.3, 0.4) is 0 Å². The number of hydrogen-bond donors (Lipinski definition) is 0. The summed E-state index contributed by atoms with van der Waals surface area (Å²) in [5.74, 6) is 0. The van der Waals surface area contributed by atoms with Crippen molar-refractivity contribution in [2.45, 2.75) is 32.2 Å². The van der Waals surface area contributed by atoms with Gasteiger partial charge < -0.3 is 4.57 Å². The van der Waals surface area contributed by atoms with E-state index < -0.39 is 0 Å². The Bertz CT molecular complexity index is 604. The van der Waals surface area contributed by atoms with Crippen molar-refractivity contribution >= 4 is 0 Å². The SMILES string of the molecule is N#Cc1cccc(Cn2cnc3c2CCCC3)c1. The van der Waals surface area contributed by atoms with E-state index in [-0.39, 0.29) is 0 Å². The van der Waals surface area contributed by atoms with Crippen molar-refractivity contribution in [1.29, 1.82) is 5.26 Å². The molecule has 0 bridgehead atoms. The van der Waals surface area contributed by atoms with E-state index in [1.807, 2.05) is 24.5 Å². The molecule has 1 aromatic heterocycles. The molecule has 0 unspecified atom stereocenters. The number of imidazole rings is 1. The van der Waals surface area contributed by atoms with Gasteiger partial charge in [0, 0.05) is 12.2 Å². The first-order valence-electron chi connectivity index (χ1n) is 6.39. The van der Waals surface area contributed by atoms with Gasteiger partial charge in [-0.05, 0) is 43.4 Å². The Kier molecular flexibility index (Phi) is 2.85. The molecule has 2 aromatic rings. The minimum atomic E-state index is 0.724. The van der Waals surface area contributed by atoms with Crippen molar-refractivity contribution in [3.63, 3.8) is 0 Å². The normalized spacial score (nSPS) is 13.9. The maximum Gasteiger partial charge on any atom is 0.0991 e. The second kappa shape index (κ2) is 4.66. The van der Waals surface area contributed by atoms with Gasteiger partial charge in [-0.3, -0.25) is 0 Å². The number of rotatable bonds is 2. The smallest absolute Gasteiger partial charge is 0.0991 e. The molecule has 0 radical (unpaired) electrons. The fraction of sp³-hybridized carbons (Fsp3) is 0.333. The van der Waals surface area contributed by atoms with Crippen LogP contribution in [-0.4, -0.2) is 9.55 Å². The average Bonchev–Trinajstić information content (AvgIpc) is 2.83. The molecule has 18 heavy (non-hydrogen) atoms. The number of aryl methyl sites for hydroxylation is 1. The predicted molar refractivity (Wildman–Crippen MR) is 69.1 cm³/mol. The summed E-state index contributed by atoms with van der Waals surface area (Å²) in [7, 11) is 0. The van der Waals surface area contributed by atoms with Crippen LogP contribution in [0.4, 0.5) is 0 Å². The van der Waals surface area contributed by atoms with E-state index in [1.54, 1.807) is 0 Å². The molecule has 1 aromatic carbocycles. The van der Waals surface area contributed by atoms with E-state index in [2.05, 4.69) is 21.7 Å². The lowest BCUT2D eigenvalue weighted by Gasteiger charge is -2.14. The summed E-state index contributed by atoms with van der Waals surface area (Å²) in [6, 6.07) is 9.99. The predicted octanol–water partition coefficient (Wildman–Crippen LogP) is 2.68. The Balaban J connectivity index is 1.88. The average molecular weight is 237 g/mol. The van der Waals surface area contributed by atoms with Crippen molar-refractivity contribution < 1.29 is 0 Å². The van der Waals surface area contributed by atoms with Crippen molar-refractivity contribution in [3.8, 4) is 6.07 Å². The molecule has 1 heterocycles. The maximum atomic E-state index is 8.91. The Hall–Kier alpha value is -2.08. The molecule has 0 saturated heterocycles. The van der Waals surface area contributed by atoms with Gasteiger partial charge >= 0.3 is 0 Å². The third-order valence-electron chi connectivity index (χ3n) is 3.52. The molecule has 0 atom stereocenters. The van der Waals surface area contributed by atoms with Crippen molar-refractivity contribution in [3.05, 3.63) is 53.1 Å². The monoisotopic (exact) mass is 237 g/mol. The van der Waals surface area contributed by atoms with Gasteiger partial charge in [0.15, 0.2) is 0 Å². The van der Waals surface area contributed by atoms with E-state index >= 15 is 0 Å². The third-order valence-corrected chi connectivity index (χ3v) is 3.52. The van der Waals surface area contributed by atoms with E-state index in [0.717, 1.165) is 24.9 Å². The number of benzene rings is 1. The van der Waals surface area contributed by atoms with Gasteiger partial charge in [-0.15, -0.1) is 0 Å². The number of hydrogen-bond acceptors (Lipinski definition) is 2. The highest BCUT2D eigenvalue weighted by molar-refractivity contribution is 5.33. The molecular weight excluding hydrogens is 222 g/mol. The third kappa shape index (κ3) is 2.02. The Morgan fingerprint density at radius 1 is 1.28 bits per heavy atom. The summed E-state index contributed by atoms with van der Waals surface area (Å²) >= 11 is 0. The number of fused-ring (bicyclic) bond motifs is 1. The molecule has 90 valence electrons. The van der Waals surface area contributed by atoms with Crippen LogP contribution in [0.1, 0.15) is 35.4 Å². The van der Waals surface area contributed by atoms with Crippen LogP contribution in [0.5, 0.6) is 0 Å². The molecule has 3 nitrogen and oxygen atoms in total. The van der Waals surface area contributed by atoms with Crippen LogP contribution in [-0.2, 0) is 19.4 Å². The lowest BCUT2D eigenvalue weighted by atomic mass is 10.0. The van der Waals surface area contributed by atoms with E-state index in [9.17, 15) is 0 Å². The summed E-state index contributed by atoms with van der Waals surface area (Å²) in [6.07, 6.45) is 6.70. The fourth-order valence-electron chi connectivity index (χ4n) is 2.60. The van der Waals surface area contributed by atoms with Crippen LogP contribution in [0.2, 0.25) is 0 Å². The molecule has 0 N–H and O–H groups in total.